The van der Waals surface area contributed by atoms with E-state index < -0.39 is 0 Å². The van der Waals surface area contributed by atoms with Crippen LogP contribution >= 0.6 is 15.9 Å². The number of nitrogens with one attached hydrogen (secondary N) is 1. The van der Waals surface area contributed by atoms with Gasteiger partial charge in [-0.3, -0.25) is 0 Å². The van der Waals surface area contributed by atoms with Crippen LogP contribution in [0, 0.1) is 0 Å². The number of anilines is 1. The van der Waals surface area contributed by atoms with E-state index in [2.05, 4.69) is 58.2 Å². The molecule has 0 radical (unpaired) electrons. The van der Waals surface area contributed by atoms with Crippen molar-refractivity contribution >= 4 is 21.6 Å². The molecule has 0 aromatic heterocycles. The molecular formula is C15H23BrN2O2. The first-order valence-corrected chi connectivity index (χ1v) is 7.95. The van der Waals surface area contributed by atoms with Crippen LogP contribution in [0.25, 0.3) is 0 Å². The second kappa shape index (κ2) is 7.41. The summed E-state index contributed by atoms with van der Waals surface area (Å²) in [5.74, 6) is 0. The molecule has 2 N–H and O–H groups in total. The van der Waals surface area contributed by atoms with E-state index in [4.69, 9.17) is 4.74 Å². The zero-order valence-electron chi connectivity index (χ0n) is 12.1. The van der Waals surface area contributed by atoms with Crippen molar-refractivity contribution < 1.29 is 9.84 Å². The monoisotopic (exact) mass is 342 g/mol. The predicted octanol–water partition coefficient (Wildman–Crippen LogP) is 2.32. The van der Waals surface area contributed by atoms with Crippen LogP contribution in [0.4, 0.5) is 5.69 Å². The van der Waals surface area contributed by atoms with Gasteiger partial charge in [0.05, 0.1) is 19.3 Å². The number of hydrogen-bond acceptors (Lipinski definition) is 4. The van der Waals surface area contributed by atoms with Gasteiger partial charge in [0, 0.05) is 29.3 Å². The molecule has 0 saturated carbocycles. The largest absolute Gasteiger partial charge is 0.394 e. The van der Waals surface area contributed by atoms with Gasteiger partial charge in [-0.05, 0) is 37.2 Å². The Morgan fingerprint density at radius 2 is 2.35 bits per heavy atom. The predicted molar refractivity (Wildman–Crippen MR) is 85.3 cm³/mol. The molecule has 2 unspecified atom stereocenters. The molecule has 1 aliphatic heterocycles. The van der Waals surface area contributed by atoms with Crippen LogP contribution in [0.1, 0.15) is 25.5 Å². The standard InChI is InChI=1S/C15H23BrN2O2/c1-3-17-11(2)14-8-12(16)4-5-15(14)18-6-7-20-13(9-18)10-19/h4-5,8,11,13,17,19H,3,6-7,9-10H2,1-2H3. The quantitative estimate of drug-likeness (QED) is 0.861. The molecule has 1 saturated heterocycles. The molecule has 1 aromatic rings. The zero-order valence-corrected chi connectivity index (χ0v) is 13.7. The van der Waals surface area contributed by atoms with Gasteiger partial charge in [0.15, 0.2) is 0 Å². The summed E-state index contributed by atoms with van der Waals surface area (Å²) in [4.78, 5) is 2.31. The van der Waals surface area contributed by atoms with Crippen LogP contribution in [0.2, 0.25) is 0 Å². The summed E-state index contributed by atoms with van der Waals surface area (Å²) < 4.78 is 6.62. The van der Waals surface area contributed by atoms with Gasteiger partial charge in [0.25, 0.3) is 0 Å². The first kappa shape index (κ1) is 15.8. The zero-order chi connectivity index (χ0) is 14.5. The summed E-state index contributed by atoms with van der Waals surface area (Å²) >= 11 is 3.55. The van der Waals surface area contributed by atoms with E-state index in [9.17, 15) is 5.11 Å². The summed E-state index contributed by atoms with van der Waals surface area (Å²) in [5, 5.41) is 12.8. The molecule has 0 amide bonds. The maximum absolute atomic E-state index is 9.29. The van der Waals surface area contributed by atoms with E-state index in [1.807, 2.05) is 0 Å². The van der Waals surface area contributed by atoms with E-state index in [0.29, 0.717) is 12.6 Å². The third kappa shape index (κ3) is 3.73. The lowest BCUT2D eigenvalue weighted by Gasteiger charge is -2.36. The van der Waals surface area contributed by atoms with Crippen molar-refractivity contribution in [1.82, 2.24) is 5.32 Å². The molecule has 112 valence electrons. The summed E-state index contributed by atoms with van der Waals surface area (Å²) in [6, 6.07) is 6.68. The Hall–Kier alpha value is -0.620. The van der Waals surface area contributed by atoms with Crippen molar-refractivity contribution in [2.75, 3.05) is 37.7 Å². The molecule has 4 nitrogen and oxygen atoms in total. The number of hydrogen-bond donors (Lipinski definition) is 2. The number of benzene rings is 1. The van der Waals surface area contributed by atoms with E-state index in [0.717, 1.165) is 24.1 Å². The first-order valence-electron chi connectivity index (χ1n) is 7.16. The fourth-order valence-electron chi connectivity index (χ4n) is 2.62. The number of rotatable bonds is 5. The molecule has 1 aromatic carbocycles. The third-order valence-electron chi connectivity index (χ3n) is 3.65. The van der Waals surface area contributed by atoms with Crippen LogP contribution in [-0.2, 0) is 4.74 Å². The fraction of sp³-hybridized carbons (Fsp3) is 0.600. The number of nitrogens with zero attached hydrogens (tertiary/aromatic N) is 1. The van der Waals surface area contributed by atoms with E-state index >= 15 is 0 Å². The normalized spacial score (nSPS) is 21.0. The SMILES string of the molecule is CCNC(C)c1cc(Br)ccc1N1CCOC(CO)C1. The number of ether oxygens (including phenoxy) is 1. The maximum Gasteiger partial charge on any atom is 0.0980 e. The van der Waals surface area contributed by atoms with Crippen LogP contribution in [0.3, 0.4) is 0 Å². The van der Waals surface area contributed by atoms with Gasteiger partial charge in [0.2, 0.25) is 0 Å². The van der Waals surface area contributed by atoms with Crippen molar-refractivity contribution in [2.24, 2.45) is 0 Å². The summed E-state index contributed by atoms with van der Waals surface area (Å²) in [6.45, 7) is 7.58. The topological polar surface area (TPSA) is 44.7 Å². The molecule has 5 heteroatoms. The molecular weight excluding hydrogens is 320 g/mol. The highest BCUT2D eigenvalue weighted by Gasteiger charge is 2.23. The van der Waals surface area contributed by atoms with Gasteiger partial charge in [-0.1, -0.05) is 22.9 Å². The van der Waals surface area contributed by atoms with Crippen molar-refractivity contribution in [3.63, 3.8) is 0 Å². The number of morpholine rings is 1. The van der Waals surface area contributed by atoms with Crippen molar-refractivity contribution in [1.29, 1.82) is 0 Å². The Morgan fingerprint density at radius 1 is 1.55 bits per heavy atom. The highest BCUT2D eigenvalue weighted by atomic mass is 79.9. The summed E-state index contributed by atoms with van der Waals surface area (Å²) in [6.07, 6.45) is -0.0883. The van der Waals surface area contributed by atoms with Crippen LogP contribution in [0.5, 0.6) is 0 Å². The Balaban J connectivity index is 2.25. The van der Waals surface area contributed by atoms with Gasteiger partial charge in [-0.2, -0.15) is 0 Å². The molecule has 0 aliphatic carbocycles. The molecule has 0 spiro atoms. The smallest absolute Gasteiger partial charge is 0.0980 e. The summed E-state index contributed by atoms with van der Waals surface area (Å²) in [7, 11) is 0. The van der Waals surface area contributed by atoms with Crippen molar-refractivity contribution in [3.8, 4) is 0 Å². The lowest BCUT2D eigenvalue weighted by molar-refractivity contribution is 0.00351. The Bertz CT molecular complexity index is 442. The van der Waals surface area contributed by atoms with E-state index in [1.165, 1.54) is 11.3 Å². The minimum absolute atomic E-state index is 0.0745. The van der Waals surface area contributed by atoms with Gasteiger partial charge in [-0.15, -0.1) is 0 Å². The molecule has 2 atom stereocenters. The average molecular weight is 343 g/mol. The first-order chi connectivity index (χ1) is 9.65. The molecule has 1 fully saturated rings. The van der Waals surface area contributed by atoms with Crippen LogP contribution < -0.4 is 10.2 Å². The molecule has 20 heavy (non-hydrogen) atoms. The van der Waals surface area contributed by atoms with E-state index in [1.54, 1.807) is 0 Å². The average Bonchev–Trinajstić information content (AvgIpc) is 2.47. The van der Waals surface area contributed by atoms with Crippen LogP contribution in [-0.4, -0.2) is 44.1 Å². The van der Waals surface area contributed by atoms with Gasteiger partial charge in [-0.25, -0.2) is 0 Å². The molecule has 1 aliphatic rings. The number of aliphatic hydroxyl groups is 1. The van der Waals surface area contributed by atoms with Gasteiger partial charge < -0.3 is 20.1 Å². The van der Waals surface area contributed by atoms with Crippen LogP contribution in [0.15, 0.2) is 22.7 Å². The Morgan fingerprint density at radius 3 is 3.05 bits per heavy atom. The number of aliphatic hydroxyl groups excluding tert-OH is 1. The second-order valence-electron chi connectivity index (χ2n) is 5.10. The second-order valence-corrected chi connectivity index (χ2v) is 6.02. The lowest BCUT2D eigenvalue weighted by atomic mass is 10.0. The van der Waals surface area contributed by atoms with E-state index in [-0.39, 0.29) is 12.7 Å². The molecule has 0 bridgehead atoms. The highest BCUT2D eigenvalue weighted by Crippen LogP contribution is 2.30. The minimum atomic E-state index is -0.0883. The van der Waals surface area contributed by atoms with Gasteiger partial charge in [0.1, 0.15) is 0 Å². The van der Waals surface area contributed by atoms with Crippen molar-refractivity contribution in [3.05, 3.63) is 28.2 Å². The maximum atomic E-state index is 9.29. The van der Waals surface area contributed by atoms with Gasteiger partial charge >= 0.3 is 0 Å². The summed E-state index contributed by atoms with van der Waals surface area (Å²) in [5.41, 5.74) is 2.50. The lowest BCUT2D eigenvalue weighted by Crippen LogP contribution is -2.44. The minimum Gasteiger partial charge on any atom is -0.394 e. The fourth-order valence-corrected chi connectivity index (χ4v) is 3.00. The Labute approximate surface area is 129 Å². The Kier molecular flexibility index (Phi) is 5.84. The third-order valence-corrected chi connectivity index (χ3v) is 4.14. The molecule has 2 rings (SSSR count). The number of halogens is 1. The van der Waals surface area contributed by atoms with Crippen molar-refractivity contribution in [2.45, 2.75) is 26.0 Å². The molecule has 1 heterocycles. The highest BCUT2D eigenvalue weighted by molar-refractivity contribution is 9.10.